The fourth-order valence-electron chi connectivity index (χ4n) is 1.57. The van der Waals surface area contributed by atoms with E-state index < -0.39 is 16.3 Å². The van der Waals surface area contributed by atoms with Crippen molar-refractivity contribution in [1.82, 2.24) is 5.32 Å². The summed E-state index contributed by atoms with van der Waals surface area (Å²) in [7, 11) is 1.69. The largest absolute Gasteiger partial charge is 0.491 e. The Morgan fingerprint density at radius 3 is 2.80 bits per heavy atom. The Morgan fingerprint density at radius 2 is 2.30 bits per heavy atom. The maximum Gasteiger partial charge on any atom is 0.272 e. The molecule has 0 saturated heterocycles. The van der Waals surface area contributed by atoms with E-state index in [0.717, 1.165) is 6.07 Å². The van der Waals surface area contributed by atoms with Gasteiger partial charge < -0.3 is 10.1 Å². The topological polar surface area (TPSA) is 88.2 Å². The van der Waals surface area contributed by atoms with Crippen LogP contribution in [-0.4, -0.2) is 24.1 Å². The molecule has 6 nitrogen and oxygen atoms in total. The predicted octanol–water partition coefficient (Wildman–Crippen LogP) is 2.39. The van der Waals surface area contributed by atoms with Crippen molar-refractivity contribution in [2.45, 2.75) is 25.3 Å². The highest BCUT2D eigenvalue weighted by atomic mass is 19.1. The SMILES string of the molecule is CNC(C)(C#N)CCCOc1ccc([N+](=O)[O-])cc1F. The number of nitro benzene ring substituents is 1. The van der Waals surface area contributed by atoms with Gasteiger partial charge in [0, 0.05) is 6.07 Å². The van der Waals surface area contributed by atoms with Crippen molar-refractivity contribution in [2.75, 3.05) is 13.7 Å². The van der Waals surface area contributed by atoms with Gasteiger partial charge in [-0.15, -0.1) is 0 Å². The van der Waals surface area contributed by atoms with E-state index in [4.69, 9.17) is 10.00 Å². The molecule has 0 spiro atoms. The van der Waals surface area contributed by atoms with Crippen LogP contribution >= 0.6 is 0 Å². The molecule has 1 N–H and O–H groups in total. The van der Waals surface area contributed by atoms with Crippen LogP contribution in [0.1, 0.15) is 19.8 Å². The normalized spacial score (nSPS) is 13.3. The number of nitrogens with zero attached hydrogens (tertiary/aromatic N) is 2. The summed E-state index contributed by atoms with van der Waals surface area (Å²) in [6.07, 6.45) is 1.11. The Bertz CT molecular complexity index is 530. The minimum atomic E-state index is -0.768. The Kier molecular flexibility index (Phi) is 5.41. The van der Waals surface area contributed by atoms with Crippen LogP contribution in [0, 0.1) is 27.3 Å². The molecule has 0 aliphatic rings. The van der Waals surface area contributed by atoms with Crippen molar-refractivity contribution in [3.8, 4) is 11.8 Å². The molecule has 0 heterocycles. The van der Waals surface area contributed by atoms with Crippen LogP contribution in [0.15, 0.2) is 18.2 Å². The lowest BCUT2D eigenvalue weighted by Crippen LogP contribution is -2.38. The fourth-order valence-corrected chi connectivity index (χ4v) is 1.57. The van der Waals surface area contributed by atoms with Gasteiger partial charge in [0.05, 0.1) is 23.7 Å². The van der Waals surface area contributed by atoms with Gasteiger partial charge in [-0.2, -0.15) is 5.26 Å². The van der Waals surface area contributed by atoms with E-state index in [2.05, 4.69) is 11.4 Å². The summed E-state index contributed by atoms with van der Waals surface area (Å²) in [5.74, 6) is -0.797. The number of hydrogen-bond acceptors (Lipinski definition) is 5. The third-order valence-electron chi connectivity index (χ3n) is 3.00. The minimum absolute atomic E-state index is 0.0290. The molecule has 108 valence electrons. The Balaban J connectivity index is 2.51. The summed E-state index contributed by atoms with van der Waals surface area (Å²) in [4.78, 5) is 9.79. The summed E-state index contributed by atoms with van der Waals surface area (Å²) in [6.45, 7) is 1.99. The second kappa shape index (κ2) is 6.82. The zero-order chi connectivity index (χ0) is 15.2. The Morgan fingerprint density at radius 1 is 1.60 bits per heavy atom. The van der Waals surface area contributed by atoms with Gasteiger partial charge in [-0.1, -0.05) is 0 Å². The Hall–Kier alpha value is -2.20. The first-order chi connectivity index (χ1) is 9.41. The molecule has 7 heteroatoms. The average Bonchev–Trinajstić information content (AvgIpc) is 2.44. The highest BCUT2D eigenvalue weighted by Crippen LogP contribution is 2.23. The van der Waals surface area contributed by atoms with E-state index in [0.29, 0.717) is 12.8 Å². The number of rotatable bonds is 7. The van der Waals surface area contributed by atoms with Crippen LogP contribution in [-0.2, 0) is 0 Å². The zero-order valence-electron chi connectivity index (χ0n) is 11.4. The lowest BCUT2D eigenvalue weighted by atomic mass is 9.98. The number of ether oxygens (including phenoxy) is 1. The standard InChI is InChI=1S/C13H16FN3O3/c1-13(9-15,16-2)6-3-7-20-12-5-4-10(17(18)19)8-11(12)14/h4-5,8,16H,3,6-7H2,1-2H3. The van der Waals surface area contributed by atoms with E-state index >= 15 is 0 Å². The predicted molar refractivity (Wildman–Crippen MR) is 70.9 cm³/mol. The number of hydrogen-bond donors (Lipinski definition) is 1. The maximum absolute atomic E-state index is 13.5. The molecule has 0 aliphatic carbocycles. The van der Waals surface area contributed by atoms with Gasteiger partial charge in [0.15, 0.2) is 11.6 Å². The third-order valence-corrected chi connectivity index (χ3v) is 3.00. The van der Waals surface area contributed by atoms with E-state index in [1.165, 1.54) is 12.1 Å². The molecule has 1 unspecified atom stereocenters. The van der Waals surface area contributed by atoms with Crippen molar-refractivity contribution in [3.63, 3.8) is 0 Å². The molecule has 0 fully saturated rings. The molecule has 1 atom stereocenters. The second-order valence-electron chi connectivity index (χ2n) is 4.52. The fraction of sp³-hybridized carbons (Fsp3) is 0.462. The molecular formula is C13H16FN3O3. The lowest BCUT2D eigenvalue weighted by Gasteiger charge is -2.20. The summed E-state index contributed by atoms with van der Waals surface area (Å²) in [6, 6.07) is 5.38. The summed E-state index contributed by atoms with van der Waals surface area (Å²) in [5, 5.41) is 22.3. The summed E-state index contributed by atoms with van der Waals surface area (Å²) < 4.78 is 18.7. The van der Waals surface area contributed by atoms with Crippen molar-refractivity contribution < 1.29 is 14.1 Å². The first-order valence-corrected chi connectivity index (χ1v) is 6.09. The van der Waals surface area contributed by atoms with Crippen molar-refractivity contribution in [2.24, 2.45) is 0 Å². The molecule has 0 saturated carbocycles. The van der Waals surface area contributed by atoms with Crippen molar-refractivity contribution in [1.29, 1.82) is 5.26 Å². The highest BCUT2D eigenvalue weighted by molar-refractivity contribution is 5.37. The molecule has 0 aromatic heterocycles. The first-order valence-electron chi connectivity index (χ1n) is 6.09. The van der Waals surface area contributed by atoms with Crippen molar-refractivity contribution in [3.05, 3.63) is 34.1 Å². The number of nitriles is 1. The van der Waals surface area contributed by atoms with Crippen LogP contribution in [0.5, 0.6) is 5.75 Å². The zero-order valence-corrected chi connectivity index (χ0v) is 11.4. The average molecular weight is 281 g/mol. The number of non-ortho nitro benzene ring substituents is 1. The van der Waals surface area contributed by atoms with Crippen LogP contribution in [0.3, 0.4) is 0 Å². The monoisotopic (exact) mass is 281 g/mol. The summed E-state index contributed by atoms with van der Waals surface area (Å²) in [5.41, 5.74) is -0.959. The molecule has 1 rings (SSSR count). The van der Waals surface area contributed by atoms with Gasteiger partial charge in [-0.05, 0) is 32.9 Å². The summed E-state index contributed by atoms with van der Waals surface area (Å²) >= 11 is 0. The number of halogens is 1. The minimum Gasteiger partial charge on any atom is -0.491 e. The van der Waals surface area contributed by atoms with E-state index in [1.54, 1.807) is 14.0 Å². The van der Waals surface area contributed by atoms with Gasteiger partial charge in [0.2, 0.25) is 0 Å². The van der Waals surface area contributed by atoms with Gasteiger partial charge in [-0.25, -0.2) is 4.39 Å². The quantitative estimate of drug-likeness (QED) is 0.471. The lowest BCUT2D eigenvalue weighted by molar-refractivity contribution is -0.385. The molecular weight excluding hydrogens is 265 g/mol. The number of nitro groups is 1. The molecule has 0 bridgehead atoms. The van der Waals surface area contributed by atoms with Crippen LogP contribution in [0.4, 0.5) is 10.1 Å². The molecule has 1 aromatic carbocycles. The molecule has 0 aliphatic heterocycles. The number of benzene rings is 1. The molecule has 20 heavy (non-hydrogen) atoms. The third kappa shape index (κ3) is 4.17. The second-order valence-corrected chi connectivity index (χ2v) is 4.52. The number of nitrogens with one attached hydrogen (secondary N) is 1. The first kappa shape index (κ1) is 15.9. The van der Waals surface area contributed by atoms with Crippen LogP contribution < -0.4 is 10.1 Å². The van der Waals surface area contributed by atoms with E-state index in [9.17, 15) is 14.5 Å². The van der Waals surface area contributed by atoms with E-state index in [1.807, 2.05) is 0 Å². The molecule has 1 aromatic rings. The molecule has 0 amide bonds. The van der Waals surface area contributed by atoms with Gasteiger partial charge in [0.1, 0.15) is 5.54 Å². The van der Waals surface area contributed by atoms with Crippen molar-refractivity contribution >= 4 is 5.69 Å². The molecule has 0 radical (unpaired) electrons. The van der Waals surface area contributed by atoms with Gasteiger partial charge in [0.25, 0.3) is 5.69 Å². The Labute approximate surface area is 116 Å². The van der Waals surface area contributed by atoms with Gasteiger partial charge in [-0.3, -0.25) is 10.1 Å². The van der Waals surface area contributed by atoms with E-state index in [-0.39, 0.29) is 18.0 Å². The van der Waals surface area contributed by atoms with Crippen LogP contribution in [0.25, 0.3) is 0 Å². The maximum atomic E-state index is 13.5. The van der Waals surface area contributed by atoms with Gasteiger partial charge >= 0.3 is 0 Å². The smallest absolute Gasteiger partial charge is 0.272 e. The van der Waals surface area contributed by atoms with Crippen LogP contribution in [0.2, 0.25) is 0 Å². The highest BCUT2D eigenvalue weighted by Gasteiger charge is 2.20.